The van der Waals surface area contributed by atoms with Gasteiger partial charge in [-0.05, 0) is 24.3 Å². The van der Waals surface area contributed by atoms with Crippen LogP contribution in [0.3, 0.4) is 0 Å². The predicted molar refractivity (Wildman–Crippen MR) is 121 cm³/mol. The molecule has 3 rings (SSSR count). The van der Waals surface area contributed by atoms with E-state index in [1.807, 2.05) is 0 Å². The molecule has 178 valence electrons. The molecule has 12 heteroatoms. The summed E-state index contributed by atoms with van der Waals surface area (Å²) in [5.74, 6) is -2.13. The van der Waals surface area contributed by atoms with Crippen molar-refractivity contribution in [1.29, 1.82) is 0 Å². The van der Waals surface area contributed by atoms with E-state index in [0.29, 0.717) is 5.16 Å². The van der Waals surface area contributed by atoms with Crippen LogP contribution in [0, 0.1) is 0 Å². The number of amides is 2. The lowest BCUT2D eigenvalue weighted by Gasteiger charge is -2.13. The summed E-state index contributed by atoms with van der Waals surface area (Å²) >= 11 is 1.23. The summed E-state index contributed by atoms with van der Waals surface area (Å²) in [7, 11) is 1.80. The van der Waals surface area contributed by atoms with E-state index >= 15 is 0 Å². The first-order valence-electron chi connectivity index (χ1n) is 9.83. The molecule has 2 amide bonds. The lowest BCUT2D eigenvalue weighted by Crippen LogP contribution is -2.22. The molecule has 2 N–H and O–H groups in total. The number of alkyl halides is 2. The number of benzene rings is 2. The Morgan fingerprint density at radius 3 is 2.41 bits per heavy atom. The molecule has 0 saturated carbocycles. The Hall–Kier alpha value is -3.93. The van der Waals surface area contributed by atoms with Crippen LogP contribution in [0.25, 0.3) is 0 Å². The van der Waals surface area contributed by atoms with Gasteiger partial charge in [0.25, 0.3) is 5.91 Å². The standard InChI is InChI=1S/C22H20F2N4O5S/c1-28-11-10-25-22(28)34-13-19(30)26-15-7-3-2-6-14(15)20(31)32-12-18(29)27-16-8-4-5-9-17(16)33-21(23)24/h2-11,21H,12-13H2,1H3,(H,26,30)(H,27,29). The number of carbonyl (C=O) groups excluding carboxylic acids is 3. The number of hydrogen-bond donors (Lipinski definition) is 2. The second-order valence-electron chi connectivity index (χ2n) is 6.70. The van der Waals surface area contributed by atoms with Gasteiger partial charge in [-0.3, -0.25) is 9.59 Å². The minimum absolute atomic E-state index is 0.00160. The van der Waals surface area contributed by atoms with Crippen molar-refractivity contribution < 1.29 is 32.6 Å². The molecule has 1 aromatic heterocycles. The van der Waals surface area contributed by atoms with Crippen LogP contribution in [0.2, 0.25) is 0 Å². The molecule has 0 spiro atoms. The molecule has 0 bridgehead atoms. The maximum Gasteiger partial charge on any atom is 0.387 e. The first-order chi connectivity index (χ1) is 16.3. The first-order valence-corrected chi connectivity index (χ1v) is 10.8. The number of esters is 1. The molecule has 0 atom stereocenters. The maximum absolute atomic E-state index is 12.5. The van der Waals surface area contributed by atoms with Crippen LogP contribution in [0.1, 0.15) is 10.4 Å². The number of nitrogens with one attached hydrogen (secondary N) is 2. The Morgan fingerprint density at radius 2 is 1.71 bits per heavy atom. The highest BCUT2D eigenvalue weighted by Gasteiger charge is 2.17. The van der Waals surface area contributed by atoms with Crippen LogP contribution in [-0.2, 0) is 21.4 Å². The average molecular weight is 490 g/mol. The van der Waals surface area contributed by atoms with Crippen LogP contribution >= 0.6 is 11.8 Å². The molecule has 0 fully saturated rings. The summed E-state index contributed by atoms with van der Waals surface area (Å²) in [6, 6.07) is 11.8. The highest BCUT2D eigenvalue weighted by Crippen LogP contribution is 2.25. The molecule has 0 aliphatic rings. The summed E-state index contributed by atoms with van der Waals surface area (Å²) in [5, 5.41) is 5.65. The monoisotopic (exact) mass is 490 g/mol. The number of halogens is 2. The largest absolute Gasteiger partial charge is 0.452 e. The van der Waals surface area contributed by atoms with E-state index < -0.39 is 25.1 Å². The van der Waals surface area contributed by atoms with Gasteiger partial charge in [-0.2, -0.15) is 8.78 Å². The van der Waals surface area contributed by atoms with Gasteiger partial charge in [-0.15, -0.1) is 0 Å². The van der Waals surface area contributed by atoms with Crippen LogP contribution in [0.15, 0.2) is 66.1 Å². The number of thioether (sulfide) groups is 1. The third-order valence-electron chi connectivity index (χ3n) is 4.24. The minimum Gasteiger partial charge on any atom is -0.452 e. The Kier molecular flexibility index (Phi) is 8.57. The number of imidazole rings is 1. The molecular weight excluding hydrogens is 470 g/mol. The van der Waals surface area contributed by atoms with Crippen LogP contribution in [-0.4, -0.2) is 46.3 Å². The Bertz CT molecular complexity index is 1170. The number of aromatic nitrogens is 2. The zero-order valence-electron chi connectivity index (χ0n) is 17.9. The lowest BCUT2D eigenvalue weighted by atomic mass is 10.2. The smallest absolute Gasteiger partial charge is 0.387 e. The number of rotatable bonds is 10. The van der Waals surface area contributed by atoms with Crippen molar-refractivity contribution in [3.63, 3.8) is 0 Å². The van der Waals surface area contributed by atoms with E-state index in [0.717, 1.165) is 0 Å². The molecule has 0 aliphatic heterocycles. The highest BCUT2D eigenvalue weighted by atomic mass is 32.2. The van der Waals surface area contributed by atoms with Gasteiger partial charge in [0.05, 0.1) is 22.7 Å². The highest BCUT2D eigenvalue weighted by molar-refractivity contribution is 7.99. The molecular formula is C22H20F2N4O5S. The topological polar surface area (TPSA) is 112 Å². The zero-order valence-corrected chi connectivity index (χ0v) is 18.7. The number of carbonyl (C=O) groups is 3. The van der Waals surface area contributed by atoms with Crippen LogP contribution < -0.4 is 15.4 Å². The fraction of sp³-hybridized carbons (Fsp3) is 0.182. The molecule has 0 aliphatic carbocycles. The van der Waals surface area contributed by atoms with Crippen LogP contribution in [0.4, 0.5) is 20.2 Å². The van der Waals surface area contributed by atoms with Crippen molar-refractivity contribution in [2.75, 3.05) is 23.0 Å². The molecule has 1 heterocycles. The van der Waals surface area contributed by atoms with E-state index in [1.54, 1.807) is 36.1 Å². The van der Waals surface area contributed by atoms with E-state index in [4.69, 9.17) is 4.74 Å². The molecule has 0 saturated heterocycles. The quantitative estimate of drug-likeness (QED) is 0.330. The number of nitrogens with zero attached hydrogens (tertiary/aromatic N) is 2. The van der Waals surface area contributed by atoms with Crippen molar-refractivity contribution in [3.8, 4) is 5.75 Å². The van der Waals surface area contributed by atoms with Gasteiger partial charge < -0.3 is 24.7 Å². The van der Waals surface area contributed by atoms with Gasteiger partial charge in [0, 0.05) is 19.4 Å². The fourth-order valence-electron chi connectivity index (χ4n) is 2.74. The summed E-state index contributed by atoms with van der Waals surface area (Å²) in [5.41, 5.74) is 0.267. The SMILES string of the molecule is Cn1ccnc1SCC(=O)Nc1ccccc1C(=O)OCC(=O)Nc1ccccc1OC(F)F. The lowest BCUT2D eigenvalue weighted by molar-refractivity contribution is -0.119. The molecule has 0 unspecified atom stereocenters. The van der Waals surface area contributed by atoms with Gasteiger partial charge in [-0.25, -0.2) is 9.78 Å². The number of hydrogen-bond acceptors (Lipinski definition) is 7. The second kappa shape index (κ2) is 11.8. The molecule has 2 aromatic carbocycles. The van der Waals surface area contributed by atoms with E-state index in [1.165, 1.54) is 48.2 Å². The van der Waals surface area contributed by atoms with Crippen molar-refractivity contribution >= 4 is 40.9 Å². The average Bonchev–Trinajstić information content (AvgIpc) is 3.22. The third kappa shape index (κ3) is 7.04. The van der Waals surface area contributed by atoms with Crippen molar-refractivity contribution in [3.05, 3.63) is 66.5 Å². The normalized spacial score (nSPS) is 10.6. The Morgan fingerprint density at radius 1 is 1.03 bits per heavy atom. The van der Waals surface area contributed by atoms with Crippen molar-refractivity contribution in [1.82, 2.24) is 9.55 Å². The molecule has 3 aromatic rings. The maximum atomic E-state index is 12.5. The van der Waals surface area contributed by atoms with Gasteiger partial charge in [0.2, 0.25) is 5.91 Å². The van der Waals surface area contributed by atoms with Crippen molar-refractivity contribution in [2.24, 2.45) is 7.05 Å². The van der Waals surface area contributed by atoms with E-state index in [-0.39, 0.29) is 34.3 Å². The number of aryl methyl sites for hydroxylation is 1. The third-order valence-corrected chi connectivity index (χ3v) is 5.30. The fourth-order valence-corrected chi connectivity index (χ4v) is 3.47. The summed E-state index contributed by atoms with van der Waals surface area (Å²) in [6.45, 7) is -3.75. The first kappa shape index (κ1) is 24.7. The van der Waals surface area contributed by atoms with E-state index in [9.17, 15) is 23.2 Å². The number of anilines is 2. The Labute approximate surface area is 197 Å². The zero-order chi connectivity index (χ0) is 24.5. The number of para-hydroxylation sites is 3. The predicted octanol–water partition coefficient (Wildman–Crippen LogP) is 3.55. The van der Waals surface area contributed by atoms with Crippen LogP contribution in [0.5, 0.6) is 5.75 Å². The summed E-state index contributed by atoms with van der Waals surface area (Å²) < 4.78 is 36.2. The molecule has 0 radical (unpaired) electrons. The van der Waals surface area contributed by atoms with Gasteiger partial charge in [0.15, 0.2) is 11.8 Å². The number of ether oxygens (including phenoxy) is 2. The van der Waals surface area contributed by atoms with Gasteiger partial charge >= 0.3 is 12.6 Å². The Balaban J connectivity index is 1.56. The summed E-state index contributed by atoms with van der Waals surface area (Å²) in [4.78, 5) is 41.1. The minimum atomic E-state index is -3.07. The summed E-state index contributed by atoms with van der Waals surface area (Å²) in [6.07, 6.45) is 3.37. The van der Waals surface area contributed by atoms with Gasteiger partial charge in [-0.1, -0.05) is 36.0 Å². The second-order valence-corrected chi connectivity index (χ2v) is 7.64. The molecule has 34 heavy (non-hydrogen) atoms. The van der Waals surface area contributed by atoms with E-state index in [2.05, 4.69) is 20.4 Å². The van der Waals surface area contributed by atoms with Gasteiger partial charge in [0.1, 0.15) is 5.75 Å². The van der Waals surface area contributed by atoms with Crippen molar-refractivity contribution in [2.45, 2.75) is 11.8 Å². The molecule has 9 nitrogen and oxygen atoms in total.